The average molecular weight is 556 g/mol. The molecule has 0 bridgehead atoms. The van der Waals surface area contributed by atoms with Gasteiger partial charge in [0.05, 0.1) is 10.0 Å². The monoisotopic (exact) mass is 555 g/mol. The highest BCUT2D eigenvalue weighted by Gasteiger charge is 2.34. The first-order valence-corrected chi connectivity index (χ1v) is 13.8. The zero-order chi connectivity index (χ0) is 26.4. The predicted molar refractivity (Wildman–Crippen MR) is 139 cm³/mol. The second kappa shape index (κ2) is 13.1. The van der Waals surface area contributed by atoms with Crippen molar-refractivity contribution in [2.24, 2.45) is 5.92 Å². The number of hydrogen-bond acceptors (Lipinski definition) is 7. The molecule has 3 aliphatic heterocycles. The second-order valence-corrected chi connectivity index (χ2v) is 10.9. The van der Waals surface area contributed by atoms with Crippen LogP contribution in [0.25, 0.3) is 0 Å². The van der Waals surface area contributed by atoms with Gasteiger partial charge in [-0.05, 0) is 49.3 Å². The lowest BCUT2D eigenvalue weighted by Gasteiger charge is -2.41. The third-order valence-corrected chi connectivity index (χ3v) is 8.10. The fourth-order valence-corrected chi connectivity index (χ4v) is 5.85. The molecular weight excluding hydrogens is 521 g/mol. The summed E-state index contributed by atoms with van der Waals surface area (Å²) in [5.41, 5.74) is 0.604. The number of nitrogens with zero attached hydrogens (tertiary/aromatic N) is 3. The maximum Gasteiger partial charge on any atom is 0.410 e. The minimum atomic E-state index is -1.02. The first kappa shape index (κ1) is 28.0. The molecule has 0 spiro atoms. The van der Waals surface area contributed by atoms with E-state index in [1.54, 1.807) is 21.9 Å². The number of carbonyl (C=O) groups is 3. The number of benzene rings is 1. The van der Waals surface area contributed by atoms with Gasteiger partial charge in [-0.2, -0.15) is 0 Å². The number of piperidine rings is 1. The summed E-state index contributed by atoms with van der Waals surface area (Å²) in [6.45, 7) is 7.88. The Bertz CT molecular complexity index is 935. The number of amides is 2. The number of carbonyl (C=O) groups excluding carboxylic acids is 3. The minimum absolute atomic E-state index is 0.0497. The molecule has 11 heteroatoms. The Morgan fingerprint density at radius 3 is 2.22 bits per heavy atom. The lowest BCUT2D eigenvalue weighted by molar-refractivity contribution is -0.143. The van der Waals surface area contributed by atoms with Crippen LogP contribution in [-0.4, -0.2) is 97.8 Å². The van der Waals surface area contributed by atoms with Crippen LogP contribution in [0.2, 0.25) is 10.0 Å². The van der Waals surface area contributed by atoms with E-state index in [0.29, 0.717) is 43.7 Å². The largest absolute Gasteiger partial charge is 0.436 e. The number of piperazine rings is 1. The standard InChI is InChI=1S/C26H35Cl2N3O6/c1-18-2-6-31(7-3-18)26(34)37-23(16-19-14-21(27)24(36-17-32)22(28)15-19)25(33)30-10-8-29(9-11-30)20-4-12-35-13-5-20/h14-15,17-18,20,23H,2-13,16H2,1H3/t23-/m1/s1. The molecule has 1 aromatic carbocycles. The Hall–Kier alpha value is -2.07. The van der Waals surface area contributed by atoms with E-state index in [4.69, 9.17) is 37.4 Å². The predicted octanol–water partition coefficient (Wildman–Crippen LogP) is 3.63. The Labute approximate surface area is 227 Å². The van der Waals surface area contributed by atoms with Crippen LogP contribution in [0.15, 0.2) is 12.1 Å². The van der Waals surface area contributed by atoms with Crippen LogP contribution in [0, 0.1) is 5.92 Å². The van der Waals surface area contributed by atoms with Crippen molar-refractivity contribution in [3.63, 3.8) is 0 Å². The van der Waals surface area contributed by atoms with Gasteiger partial charge in [-0.25, -0.2) is 4.79 Å². The molecule has 3 saturated heterocycles. The van der Waals surface area contributed by atoms with E-state index in [1.807, 2.05) is 0 Å². The van der Waals surface area contributed by atoms with E-state index >= 15 is 0 Å². The zero-order valence-electron chi connectivity index (χ0n) is 21.2. The highest BCUT2D eigenvalue weighted by Crippen LogP contribution is 2.34. The lowest BCUT2D eigenvalue weighted by Crippen LogP contribution is -2.55. The SMILES string of the molecule is CC1CCN(C(=O)O[C@H](Cc2cc(Cl)c(OC=O)c(Cl)c2)C(=O)N2CCN(C3CCOCC3)CC2)CC1. The van der Waals surface area contributed by atoms with Crippen molar-refractivity contribution in [3.8, 4) is 5.75 Å². The molecule has 1 atom stereocenters. The molecule has 1 aromatic rings. The Kier molecular flexibility index (Phi) is 9.92. The van der Waals surface area contributed by atoms with Gasteiger partial charge < -0.3 is 24.0 Å². The van der Waals surface area contributed by atoms with E-state index in [0.717, 1.165) is 52.0 Å². The van der Waals surface area contributed by atoms with Crippen LogP contribution in [0.1, 0.15) is 38.2 Å². The Morgan fingerprint density at radius 1 is 1.00 bits per heavy atom. The number of likely N-dealkylation sites (tertiary alicyclic amines) is 1. The Morgan fingerprint density at radius 2 is 1.62 bits per heavy atom. The van der Waals surface area contributed by atoms with Crippen molar-refractivity contribution < 1.29 is 28.6 Å². The van der Waals surface area contributed by atoms with E-state index in [2.05, 4.69) is 11.8 Å². The summed E-state index contributed by atoms with van der Waals surface area (Å²) >= 11 is 12.5. The van der Waals surface area contributed by atoms with Crippen LogP contribution >= 0.6 is 23.2 Å². The third kappa shape index (κ3) is 7.28. The highest BCUT2D eigenvalue weighted by molar-refractivity contribution is 6.37. The lowest BCUT2D eigenvalue weighted by atomic mass is 10.00. The third-order valence-electron chi connectivity index (χ3n) is 7.54. The number of hydrogen-bond donors (Lipinski definition) is 0. The summed E-state index contributed by atoms with van der Waals surface area (Å²) in [6.07, 6.45) is 2.43. The summed E-state index contributed by atoms with van der Waals surface area (Å²) < 4.78 is 16.2. The van der Waals surface area contributed by atoms with Crippen molar-refractivity contribution in [3.05, 3.63) is 27.7 Å². The highest BCUT2D eigenvalue weighted by atomic mass is 35.5. The van der Waals surface area contributed by atoms with Crippen LogP contribution in [0.3, 0.4) is 0 Å². The fraction of sp³-hybridized carbons (Fsp3) is 0.654. The van der Waals surface area contributed by atoms with E-state index in [1.165, 1.54) is 0 Å². The number of rotatable bonds is 7. The second-order valence-electron chi connectivity index (χ2n) is 10.1. The molecule has 0 aromatic heterocycles. The molecule has 3 fully saturated rings. The molecule has 3 aliphatic rings. The molecule has 0 radical (unpaired) electrons. The summed E-state index contributed by atoms with van der Waals surface area (Å²) in [4.78, 5) is 43.3. The van der Waals surface area contributed by atoms with Crippen molar-refractivity contribution >= 4 is 41.7 Å². The number of ether oxygens (including phenoxy) is 3. The normalized spacial score (nSPS) is 20.9. The van der Waals surface area contributed by atoms with Gasteiger partial charge in [-0.15, -0.1) is 0 Å². The van der Waals surface area contributed by atoms with E-state index in [9.17, 15) is 14.4 Å². The van der Waals surface area contributed by atoms with Gasteiger partial charge in [0.1, 0.15) is 0 Å². The zero-order valence-corrected chi connectivity index (χ0v) is 22.7. The van der Waals surface area contributed by atoms with Gasteiger partial charge in [0, 0.05) is 64.9 Å². The van der Waals surface area contributed by atoms with Crippen LogP contribution in [0.4, 0.5) is 4.79 Å². The van der Waals surface area contributed by atoms with Gasteiger partial charge in [0.2, 0.25) is 0 Å². The molecule has 4 rings (SSSR count). The first-order chi connectivity index (χ1) is 17.9. The smallest absolute Gasteiger partial charge is 0.410 e. The van der Waals surface area contributed by atoms with Gasteiger partial charge in [-0.1, -0.05) is 30.1 Å². The van der Waals surface area contributed by atoms with Gasteiger partial charge in [0.15, 0.2) is 11.9 Å². The maximum absolute atomic E-state index is 13.6. The van der Waals surface area contributed by atoms with Gasteiger partial charge >= 0.3 is 6.09 Å². The molecule has 37 heavy (non-hydrogen) atoms. The summed E-state index contributed by atoms with van der Waals surface area (Å²) in [5.74, 6) is 0.379. The van der Waals surface area contributed by atoms with Crippen molar-refractivity contribution in [1.29, 1.82) is 0 Å². The molecule has 2 amide bonds. The topological polar surface area (TPSA) is 88.6 Å². The molecule has 0 saturated carbocycles. The Balaban J connectivity index is 1.46. The molecule has 204 valence electrons. The van der Waals surface area contributed by atoms with Gasteiger partial charge in [0.25, 0.3) is 12.4 Å². The van der Waals surface area contributed by atoms with Crippen LogP contribution in [-0.2, 0) is 25.5 Å². The van der Waals surface area contributed by atoms with Crippen molar-refractivity contribution in [2.75, 3.05) is 52.5 Å². The van der Waals surface area contributed by atoms with Gasteiger partial charge in [-0.3, -0.25) is 14.5 Å². The van der Waals surface area contributed by atoms with E-state index in [-0.39, 0.29) is 34.6 Å². The van der Waals surface area contributed by atoms with Crippen LogP contribution in [0.5, 0.6) is 5.75 Å². The quantitative estimate of drug-likeness (QED) is 0.474. The van der Waals surface area contributed by atoms with E-state index < -0.39 is 12.2 Å². The first-order valence-electron chi connectivity index (χ1n) is 13.0. The average Bonchev–Trinajstić information content (AvgIpc) is 2.91. The molecule has 0 N–H and O–H groups in total. The summed E-state index contributed by atoms with van der Waals surface area (Å²) in [5, 5.41) is 0.282. The fourth-order valence-electron chi connectivity index (χ4n) is 5.23. The van der Waals surface area contributed by atoms with Crippen molar-refractivity contribution in [1.82, 2.24) is 14.7 Å². The molecular formula is C26H35Cl2N3O6. The summed E-state index contributed by atoms with van der Waals surface area (Å²) in [6, 6.07) is 3.63. The molecule has 3 heterocycles. The van der Waals surface area contributed by atoms with Crippen LogP contribution < -0.4 is 4.74 Å². The number of halogens is 2. The molecule has 0 unspecified atom stereocenters. The van der Waals surface area contributed by atoms with Crippen molar-refractivity contribution in [2.45, 2.75) is 51.2 Å². The minimum Gasteiger partial charge on any atom is -0.436 e. The summed E-state index contributed by atoms with van der Waals surface area (Å²) in [7, 11) is 0. The molecule has 9 nitrogen and oxygen atoms in total. The molecule has 0 aliphatic carbocycles. The maximum atomic E-state index is 13.6.